The molecule has 0 heterocycles. The van der Waals surface area contributed by atoms with Crippen molar-refractivity contribution in [3.8, 4) is 5.75 Å². The van der Waals surface area contributed by atoms with Crippen molar-refractivity contribution in [3.63, 3.8) is 0 Å². The Morgan fingerprint density at radius 3 is 2.42 bits per heavy atom. The quantitative estimate of drug-likeness (QED) is 0.167. The van der Waals surface area contributed by atoms with Gasteiger partial charge in [0.2, 0.25) is 5.91 Å². The van der Waals surface area contributed by atoms with Gasteiger partial charge in [0.15, 0.2) is 0 Å². The Bertz CT molecular complexity index is 1070. The Balaban J connectivity index is 1.54. The summed E-state index contributed by atoms with van der Waals surface area (Å²) in [5, 5.41) is 5.35. The minimum Gasteiger partial charge on any atom is -0.486 e. The molecule has 0 unspecified atom stereocenters. The second kappa shape index (κ2) is 11.9. The largest absolute Gasteiger partial charge is 0.486 e. The first-order chi connectivity index (χ1) is 14.9. The van der Waals surface area contributed by atoms with Crippen LogP contribution in [0, 0.1) is 0 Å². The van der Waals surface area contributed by atoms with Crippen LogP contribution in [0.5, 0.6) is 5.75 Å². The minimum absolute atomic E-state index is 0.200. The van der Waals surface area contributed by atoms with Crippen LogP contribution in [-0.2, 0) is 11.4 Å². The lowest BCUT2D eigenvalue weighted by Gasteiger charge is -2.12. The Morgan fingerprint density at radius 2 is 1.74 bits per heavy atom. The molecule has 3 aromatic rings. The van der Waals surface area contributed by atoms with Gasteiger partial charge in [-0.3, -0.25) is 4.79 Å². The molecule has 3 rings (SSSR count). The normalized spacial score (nSPS) is 11.0. The fraction of sp³-hybridized carbons (Fsp3) is 0.0909. The summed E-state index contributed by atoms with van der Waals surface area (Å²) in [4.78, 5) is 12.9. The van der Waals surface area contributed by atoms with Gasteiger partial charge in [-0.25, -0.2) is 5.43 Å². The summed E-state index contributed by atoms with van der Waals surface area (Å²) < 4.78 is 7.41. The second-order valence-electron chi connectivity index (χ2n) is 6.23. The molecule has 0 aliphatic carbocycles. The van der Waals surface area contributed by atoms with Crippen LogP contribution >= 0.6 is 66.8 Å². The number of benzene rings is 3. The van der Waals surface area contributed by atoms with Crippen LogP contribution in [-0.4, -0.2) is 17.9 Å². The predicted octanol–water partition coefficient (Wildman–Crippen LogP) is 7.34. The van der Waals surface area contributed by atoms with E-state index < -0.39 is 0 Å². The lowest BCUT2D eigenvalue weighted by Crippen LogP contribution is -2.19. The molecule has 3 aromatic carbocycles. The molecule has 0 bridgehead atoms. The zero-order chi connectivity index (χ0) is 22.2. The van der Waals surface area contributed by atoms with Crippen LogP contribution < -0.4 is 10.2 Å². The number of nitrogens with one attached hydrogen (secondary N) is 1. The van der Waals surface area contributed by atoms with E-state index in [1.165, 1.54) is 11.8 Å². The van der Waals surface area contributed by atoms with Gasteiger partial charge in [-0.2, -0.15) is 5.10 Å². The van der Waals surface area contributed by atoms with Gasteiger partial charge in [-0.05, 0) is 79.9 Å². The van der Waals surface area contributed by atoms with Crippen molar-refractivity contribution in [2.24, 2.45) is 5.10 Å². The molecule has 160 valence electrons. The van der Waals surface area contributed by atoms with Crippen LogP contribution in [0.3, 0.4) is 0 Å². The number of amides is 1. The van der Waals surface area contributed by atoms with Crippen LogP contribution in [0.25, 0.3) is 0 Å². The smallest absolute Gasteiger partial charge is 0.250 e. The van der Waals surface area contributed by atoms with E-state index in [1.54, 1.807) is 18.3 Å². The van der Waals surface area contributed by atoms with E-state index in [0.29, 0.717) is 22.4 Å². The number of hydrazone groups is 1. The topological polar surface area (TPSA) is 50.7 Å². The van der Waals surface area contributed by atoms with Gasteiger partial charge in [0.1, 0.15) is 12.4 Å². The van der Waals surface area contributed by atoms with E-state index in [9.17, 15) is 4.79 Å². The Hall–Kier alpha value is -1.51. The van der Waals surface area contributed by atoms with Crippen molar-refractivity contribution >= 4 is 78.9 Å². The van der Waals surface area contributed by atoms with E-state index >= 15 is 0 Å². The molecule has 0 saturated carbocycles. The molecule has 9 heteroatoms. The molecule has 0 atom stereocenters. The fourth-order valence-electron chi connectivity index (χ4n) is 2.45. The number of hydrogen-bond acceptors (Lipinski definition) is 4. The van der Waals surface area contributed by atoms with Crippen LogP contribution in [0.4, 0.5) is 0 Å². The first kappa shape index (κ1) is 24.1. The van der Waals surface area contributed by atoms with Crippen molar-refractivity contribution < 1.29 is 9.53 Å². The third-order valence-corrected chi connectivity index (χ3v) is 6.75. The molecule has 0 saturated heterocycles. The van der Waals surface area contributed by atoms with Crippen LogP contribution in [0.15, 0.2) is 79.6 Å². The van der Waals surface area contributed by atoms with Gasteiger partial charge in [0.05, 0.1) is 20.9 Å². The van der Waals surface area contributed by atoms with Gasteiger partial charge >= 0.3 is 0 Å². The number of nitrogens with zero attached hydrogens (tertiary/aromatic N) is 1. The molecule has 0 radical (unpaired) electrons. The standard InChI is InChI=1S/C22H16Br2Cl2N2O2S/c23-18-9-14(10-19(24)22(18)30-12-15-3-1-2-4-20(15)26)11-27-28-21(29)13-31-17-7-5-16(25)6-8-17/h1-11H,12-13H2,(H,28,29)/b27-11-. The van der Waals surface area contributed by atoms with Gasteiger partial charge in [0.25, 0.3) is 0 Å². The van der Waals surface area contributed by atoms with E-state index in [-0.39, 0.29) is 11.7 Å². The number of rotatable bonds is 8. The van der Waals surface area contributed by atoms with Gasteiger partial charge in [0, 0.05) is 20.5 Å². The van der Waals surface area contributed by atoms with Crippen molar-refractivity contribution in [2.75, 3.05) is 5.75 Å². The molecular weight excluding hydrogens is 587 g/mol. The maximum absolute atomic E-state index is 12.0. The Labute approximate surface area is 211 Å². The van der Waals surface area contributed by atoms with Crippen molar-refractivity contribution in [1.82, 2.24) is 5.43 Å². The molecule has 0 spiro atoms. The average Bonchev–Trinajstić information content (AvgIpc) is 2.74. The highest BCUT2D eigenvalue weighted by Crippen LogP contribution is 2.35. The summed E-state index contributed by atoms with van der Waals surface area (Å²) in [6.07, 6.45) is 1.57. The van der Waals surface area contributed by atoms with E-state index in [4.69, 9.17) is 27.9 Å². The molecule has 0 aliphatic heterocycles. The third-order valence-electron chi connectivity index (χ3n) is 3.94. The SMILES string of the molecule is O=C(CSc1ccc(Cl)cc1)N/N=C\c1cc(Br)c(OCc2ccccc2Cl)c(Br)c1. The highest BCUT2D eigenvalue weighted by atomic mass is 79.9. The molecule has 1 amide bonds. The molecular formula is C22H16Br2Cl2N2O2S. The fourth-order valence-corrected chi connectivity index (χ4v) is 4.91. The minimum atomic E-state index is -0.200. The summed E-state index contributed by atoms with van der Waals surface area (Å²) in [6.45, 7) is 0.339. The van der Waals surface area contributed by atoms with Gasteiger partial charge < -0.3 is 4.74 Å². The highest BCUT2D eigenvalue weighted by molar-refractivity contribution is 9.11. The van der Waals surface area contributed by atoms with E-state index in [0.717, 1.165) is 25.0 Å². The Morgan fingerprint density at radius 1 is 1.06 bits per heavy atom. The average molecular weight is 603 g/mol. The maximum Gasteiger partial charge on any atom is 0.250 e. The van der Waals surface area contributed by atoms with Gasteiger partial charge in [-0.1, -0.05) is 41.4 Å². The third kappa shape index (κ3) is 7.54. The van der Waals surface area contributed by atoms with Gasteiger partial charge in [-0.15, -0.1) is 11.8 Å². The molecule has 0 aliphatic rings. The lowest BCUT2D eigenvalue weighted by molar-refractivity contribution is -0.118. The number of ether oxygens (including phenoxy) is 1. The van der Waals surface area contributed by atoms with Crippen molar-refractivity contribution in [2.45, 2.75) is 11.5 Å². The number of thioether (sulfide) groups is 1. The predicted molar refractivity (Wildman–Crippen MR) is 136 cm³/mol. The summed E-state index contributed by atoms with van der Waals surface area (Å²) in [7, 11) is 0. The molecule has 0 fully saturated rings. The van der Waals surface area contributed by atoms with Crippen molar-refractivity contribution in [3.05, 3.63) is 90.8 Å². The first-order valence-corrected chi connectivity index (χ1v) is 12.3. The zero-order valence-corrected chi connectivity index (χ0v) is 21.4. The maximum atomic E-state index is 12.0. The second-order valence-corrected chi connectivity index (χ2v) is 9.83. The molecule has 31 heavy (non-hydrogen) atoms. The molecule has 0 aromatic heterocycles. The lowest BCUT2D eigenvalue weighted by atomic mass is 10.2. The molecule has 4 nitrogen and oxygen atoms in total. The van der Waals surface area contributed by atoms with Crippen LogP contribution in [0.2, 0.25) is 10.0 Å². The van der Waals surface area contributed by atoms with E-state index in [2.05, 4.69) is 42.4 Å². The number of carbonyl (C=O) groups is 1. The monoisotopic (exact) mass is 600 g/mol. The van der Waals surface area contributed by atoms with Crippen molar-refractivity contribution in [1.29, 1.82) is 0 Å². The summed E-state index contributed by atoms with van der Waals surface area (Å²) in [6, 6.07) is 18.6. The summed E-state index contributed by atoms with van der Waals surface area (Å²) in [5.41, 5.74) is 4.21. The highest BCUT2D eigenvalue weighted by Gasteiger charge is 2.10. The molecule has 1 N–H and O–H groups in total. The number of halogens is 4. The number of hydrogen-bond donors (Lipinski definition) is 1. The van der Waals surface area contributed by atoms with Crippen LogP contribution in [0.1, 0.15) is 11.1 Å². The first-order valence-electron chi connectivity index (χ1n) is 8.98. The summed E-state index contributed by atoms with van der Waals surface area (Å²) in [5.74, 6) is 0.704. The Kier molecular flexibility index (Phi) is 9.29. The summed E-state index contributed by atoms with van der Waals surface area (Å²) >= 11 is 20.5. The van der Waals surface area contributed by atoms with E-state index in [1.807, 2.05) is 48.5 Å². The number of carbonyl (C=O) groups excluding carboxylic acids is 1. The zero-order valence-electron chi connectivity index (χ0n) is 15.9.